The second-order valence-electron chi connectivity index (χ2n) is 3.79. The van der Waals surface area contributed by atoms with Crippen LogP contribution in [-0.2, 0) is 0 Å². The predicted molar refractivity (Wildman–Crippen MR) is 68.1 cm³/mol. The van der Waals surface area contributed by atoms with Crippen LogP contribution in [0.4, 0.5) is 15.8 Å². The molecule has 0 fully saturated rings. The van der Waals surface area contributed by atoms with Crippen molar-refractivity contribution in [1.29, 1.82) is 0 Å². The van der Waals surface area contributed by atoms with Crippen LogP contribution in [0.3, 0.4) is 0 Å². The highest BCUT2D eigenvalue weighted by Gasteiger charge is 2.18. The Balaban J connectivity index is 2.38. The summed E-state index contributed by atoms with van der Waals surface area (Å²) >= 11 is 0. The van der Waals surface area contributed by atoms with Crippen LogP contribution in [0, 0.1) is 15.9 Å². The summed E-state index contributed by atoms with van der Waals surface area (Å²) in [6.45, 7) is 0. The highest BCUT2D eigenvalue weighted by atomic mass is 19.1. The number of nitro groups is 1. The normalized spacial score (nSPS) is 10.1. The zero-order valence-electron chi connectivity index (χ0n) is 9.92. The third-order valence-corrected chi connectivity index (χ3v) is 2.47. The molecule has 0 aliphatic carbocycles. The van der Waals surface area contributed by atoms with Gasteiger partial charge in [0.05, 0.1) is 4.92 Å². The predicted octanol–water partition coefficient (Wildman–Crippen LogP) is 1.67. The topological polar surface area (TPSA) is 105 Å². The summed E-state index contributed by atoms with van der Waals surface area (Å²) in [5.74, 6) is -1.60. The van der Waals surface area contributed by atoms with E-state index >= 15 is 0 Å². The lowest BCUT2D eigenvalue weighted by atomic mass is 10.2. The minimum atomic E-state index is -0.861. The summed E-state index contributed by atoms with van der Waals surface area (Å²) in [5, 5.41) is 12.9. The minimum absolute atomic E-state index is 0.231. The first-order valence-electron chi connectivity index (χ1n) is 5.41. The first-order chi connectivity index (χ1) is 9.49. The first-order valence-corrected chi connectivity index (χ1v) is 5.41. The van der Waals surface area contributed by atoms with Gasteiger partial charge < -0.3 is 10.3 Å². The molecule has 1 amide bonds. The molecule has 20 heavy (non-hydrogen) atoms. The number of nitrogens with zero attached hydrogens (tertiary/aromatic N) is 1. The maximum Gasteiger partial charge on any atom is 0.292 e. The number of rotatable bonds is 3. The highest BCUT2D eigenvalue weighted by Crippen LogP contribution is 2.25. The average Bonchev–Trinajstić information content (AvgIpc) is 2.38. The van der Waals surface area contributed by atoms with Crippen LogP contribution in [0.1, 0.15) is 10.4 Å². The van der Waals surface area contributed by atoms with E-state index in [1.54, 1.807) is 0 Å². The zero-order chi connectivity index (χ0) is 14.7. The molecule has 0 saturated carbocycles. The van der Waals surface area contributed by atoms with E-state index in [0.29, 0.717) is 0 Å². The summed E-state index contributed by atoms with van der Waals surface area (Å²) in [6, 6.07) is 3.78. The number of pyridine rings is 1. The van der Waals surface area contributed by atoms with Gasteiger partial charge in [-0.3, -0.25) is 19.7 Å². The average molecular weight is 277 g/mol. The van der Waals surface area contributed by atoms with Gasteiger partial charge in [0.2, 0.25) is 0 Å². The minimum Gasteiger partial charge on any atom is -0.367 e. The molecule has 1 heterocycles. The fourth-order valence-corrected chi connectivity index (χ4v) is 1.55. The molecule has 1 aromatic carbocycles. The van der Waals surface area contributed by atoms with Crippen molar-refractivity contribution < 1.29 is 14.1 Å². The van der Waals surface area contributed by atoms with Crippen LogP contribution in [0.25, 0.3) is 0 Å². The third-order valence-electron chi connectivity index (χ3n) is 2.47. The number of amides is 1. The van der Waals surface area contributed by atoms with Gasteiger partial charge in [0, 0.05) is 30.6 Å². The molecular formula is C12H8FN3O4. The van der Waals surface area contributed by atoms with Gasteiger partial charge in [0.1, 0.15) is 17.1 Å². The van der Waals surface area contributed by atoms with Gasteiger partial charge in [-0.25, -0.2) is 4.39 Å². The Morgan fingerprint density at radius 1 is 1.35 bits per heavy atom. The summed E-state index contributed by atoms with van der Waals surface area (Å²) in [6.07, 6.45) is 2.49. The van der Waals surface area contributed by atoms with E-state index in [2.05, 4.69) is 10.3 Å². The number of aromatic nitrogens is 1. The molecule has 7 nitrogen and oxygen atoms in total. The van der Waals surface area contributed by atoms with Crippen molar-refractivity contribution in [3.8, 4) is 0 Å². The maximum atomic E-state index is 13.1. The van der Waals surface area contributed by atoms with Crippen LogP contribution in [0.2, 0.25) is 0 Å². The summed E-state index contributed by atoms with van der Waals surface area (Å²) in [7, 11) is 0. The maximum absolute atomic E-state index is 13.1. The van der Waals surface area contributed by atoms with Crippen molar-refractivity contribution in [2.45, 2.75) is 0 Å². The molecule has 2 N–H and O–H groups in total. The van der Waals surface area contributed by atoms with Crippen LogP contribution >= 0.6 is 0 Å². The number of H-pyrrole nitrogens is 1. The Hall–Kier alpha value is -3.03. The van der Waals surface area contributed by atoms with Crippen molar-refractivity contribution in [1.82, 2.24) is 4.98 Å². The zero-order valence-corrected chi connectivity index (χ0v) is 9.92. The van der Waals surface area contributed by atoms with Gasteiger partial charge in [-0.2, -0.15) is 0 Å². The van der Waals surface area contributed by atoms with Gasteiger partial charge in [-0.15, -0.1) is 0 Å². The van der Waals surface area contributed by atoms with Crippen molar-refractivity contribution >= 4 is 17.3 Å². The molecule has 8 heteroatoms. The van der Waals surface area contributed by atoms with E-state index in [0.717, 1.165) is 30.5 Å². The molecule has 0 radical (unpaired) electrons. The number of hydrogen-bond acceptors (Lipinski definition) is 4. The number of benzene rings is 1. The van der Waals surface area contributed by atoms with Crippen molar-refractivity contribution in [2.24, 2.45) is 0 Å². The van der Waals surface area contributed by atoms with E-state index < -0.39 is 27.8 Å². The molecule has 0 spiro atoms. The van der Waals surface area contributed by atoms with Gasteiger partial charge in [-0.05, 0) is 6.07 Å². The molecule has 0 aliphatic rings. The van der Waals surface area contributed by atoms with Crippen LogP contribution < -0.4 is 10.7 Å². The van der Waals surface area contributed by atoms with Gasteiger partial charge in [0.15, 0.2) is 5.43 Å². The number of aromatic amines is 1. The lowest BCUT2D eigenvalue weighted by Gasteiger charge is -2.05. The molecule has 0 saturated heterocycles. The molecule has 1 aromatic heterocycles. The molecule has 0 atom stereocenters. The summed E-state index contributed by atoms with van der Waals surface area (Å²) < 4.78 is 13.1. The Morgan fingerprint density at radius 2 is 2.10 bits per heavy atom. The van der Waals surface area contributed by atoms with Crippen LogP contribution in [0.15, 0.2) is 41.5 Å². The Morgan fingerprint density at radius 3 is 2.75 bits per heavy atom. The van der Waals surface area contributed by atoms with E-state index in [4.69, 9.17) is 0 Å². The number of nitro benzene ring substituents is 1. The highest BCUT2D eigenvalue weighted by molar-refractivity contribution is 6.05. The number of anilines is 1. The largest absolute Gasteiger partial charge is 0.367 e. The van der Waals surface area contributed by atoms with Crippen LogP contribution in [0.5, 0.6) is 0 Å². The smallest absolute Gasteiger partial charge is 0.292 e. The second-order valence-corrected chi connectivity index (χ2v) is 3.79. The van der Waals surface area contributed by atoms with E-state index in [9.17, 15) is 24.1 Å². The molecule has 0 aliphatic heterocycles. The number of carbonyl (C=O) groups is 1. The first kappa shape index (κ1) is 13.4. The fraction of sp³-hybridized carbons (Fsp3) is 0. The number of hydrogen-bond donors (Lipinski definition) is 2. The van der Waals surface area contributed by atoms with E-state index in [-0.39, 0.29) is 11.3 Å². The molecule has 2 aromatic rings. The lowest BCUT2D eigenvalue weighted by Crippen LogP contribution is -2.21. The standard InChI is InChI=1S/C12H8FN3O4/c13-7-1-2-10(16(19)20)9(5-7)15-12(18)8-6-14-4-3-11(8)17/h1-6H,(H,14,17)(H,15,18). The van der Waals surface area contributed by atoms with Crippen molar-refractivity contribution in [3.05, 3.63) is 68.4 Å². The lowest BCUT2D eigenvalue weighted by molar-refractivity contribution is -0.384. The molecule has 0 unspecified atom stereocenters. The van der Waals surface area contributed by atoms with Gasteiger partial charge in [-0.1, -0.05) is 0 Å². The van der Waals surface area contributed by atoms with Gasteiger partial charge >= 0.3 is 0 Å². The quantitative estimate of drug-likeness (QED) is 0.657. The molecule has 2 rings (SSSR count). The second kappa shape index (κ2) is 5.31. The Kier molecular flexibility index (Phi) is 3.56. The fourth-order valence-electron chi connectivity index (χ4n) is 1.55. The number of halogens is 1. The van der Waals surface area contributed by atoms with Gasteiger partial charge in [0.25, 0.3) is 11.6 Å². The summed E-state index contributed by atoms with van der Waals surface area (Å²) in [4.78, 5) is 35.9. The monoisotopic (exact) mass is 277 g/mol. The van der Waals surface area contributed by atoms with E-state index in [1.807, 2.05) is 0 Å². The van der Waals surface area contributed by atoms with Crippen LogP contribution in [-0.4, -0.2) is 15.8 Å². The summed E-state index contributed by atoms with van der Waals surface area (Å²) in [5.41, 5.74) is -1.57. The molecule has 0 bridgehead atoms. The number of carbonyl (C=O) groups excluding carboxylic acids is 1. The third kappa shape index (κ3) is 2.69. The van der Waals surface area contributed by atoms with Crippen molar-refractivity contribution in [2.75, 3.05) is 5.32 Å². The number of nitrogens with one attached hydrogen (secondary N) is 2. The van der Waals surface area contributed by atoms with E-state index in [1.165, 1.54) is 6.20 Å². The SMILES string of the molecule is O=C(Nc1cc(F)ccc1[N+](=O)[O-])c1c[nH]ccc1=O. The Bertz CT molecular complexity index is 741. The Labute approximate surface area is 111 Å². The molecule has 102 valence electrons. The van der Waals surface area contributed by atoms with Crippen molar-refractivity contribution in [3.63, 3.8) is 0 Å². The molecular weight excluding hydrogens is 269 g/mol.